The van der Waals surface area contributed by atoms with Crippen molar-refractivity contribution in [2.75, 3.05) is 22.4 Å². The monoisotopic (exact) mass is 542 g/mol. The number of nitrogens with zero attached hydrogens (tertiary/aromatic N) is 1. The van der Waals surface area contributed by atoms with Crippen LogP contribution in [0.4, 0.5) is 11.4 Å². The van der Waals surface area contributed by atoms with Crippen LogP contribution in [0.25, 0.3) is 0 Å². The van der Waals surface area contributed by atoms with Crippen LogP contribution in [0, 0.1) is 6.92 Å². The number of aryl methyl sites for hydroxylation is 1. The molecule has 0 unspecified atom stereocenters. The van der Waals surface area contributed by atoms with Gasteiger partial charge in [-0.25, -0.2) is 8.42 Å². The second-order valence-corrected chi connectivity index (χ2v) is 11.5. The van der Waals surface area contributed by atoms with Gasteiger partial charge < -0.3 is 5.32 Å². The van der Waals surface area contributed by atoms with E-state index in [2.05, 4.69) is 17.4 Å². The molecule has 0 spiro atoms. The second-order valence-electron chi connectivity index (χ2n) is 7.29. The first kappa shape index (κ1) is 25.7. The molecule has 0 saturated carbocycles. The number of carbonyl (C=O) groups is 1. The molecule has 0 fully saturated rings. The van der Waals surface area contributed by atoms with E-state index in [0.717, 1.165) is 27.4 Å². The first-order valence-corrected chi connectivity index (χ1v) is 13.7. The summed E-state index contributed by atoms with van der Waals surface area (Å²) in [6, 6.07) is 18.5. The van der Waals surface area contributed by atoms with Gasteiger partial charge in [-0.2, -0.15) is 0 Å². The van der Waals surface area contributed by atoms with Crippen LogP contribution in [0.1, 0.15) is 11.1 Å². The highest BCUT2D eigenvalue weighted by molar-refractivity contribution is 7.98. The van der Waals surface area contributed by atoms with Crippen molar-refractivity contribution in [1.82, 2.24) is 0 Å². The van der Waals surface area contributed by atoms with E-state index < -0.39 is 22.5 Å². The Labute approximate surface area is 213 Å². The Morgan fingerprint density at radius 3 is 2.27 bits per heavy atom. The van der Waals surface area contributed by atoms with Gasteiger partial charge in [0.25, 0.3) is 0 Å². The number of hydrogen-bond donors (Lipinski definition) is 1. The molecule has 3 aromatic rings. The molecule has 10 heteroatoms. The predicted octanol–water partition coefficient (Wildman–Crippen LogP) is 6.65. The lowest BCUT2D eigenvalue weighted by atomic mass is 10.1. The molecule has 33 heavy (non-hydrogen) atoms. The third-order valence-corrected chi connectivity index (χ3v) is 7.89. The average Bonchev–Trinajstić information content (AvgIpc) is 2.75. The summed E-state index contributed by atoms with van der Waals surface area (Å²) in [5.41, 5.74) is 2.66. The summed E-state index contributed by atoms with van der Waals surface area (Å²) < 4.78 is 25.7. The molecule has 0 bridgehead atoms. The van der Waals surface area contributed by atoms with Crippen molar-refractivity contribution in [3.8, 4) is 0 Å². The van der Waals surface area contributed by atoms with Gasteiger partial charge in [-0.15, -0.1) is 11.8 Å². The van der Waals surface area contributed by atoms with E-state index in [9.17, 15) is 13.2 Å². The number of hydrogen-bond acceptors (Lipinski definition) is 4. The van der Waals surface area contributed by atoms with Gasteiger partial charge in [0.2, 0.25) is 15.9 Å². The van der Waals surface area contributed by atoms with Crippen molar-refractivity contribution in [3.63, 3.8) is 0 Å². The number of carbonyl (C=O) groups excluding carboxylic acids is 1. The van der Waals surface area contributed by atoms with Crippen molar-refractivity contribution in [2.24, 2.45) is 0 Å². The van der Waals surface area contributed by atoms with Crippen LogP contribution in [-0.2, 0) is 20.6 Å². The Bertz CT molecular complexity index is 1270. The molecule has 0 atom stereocenters. The van der Waals surface area contributed by atoms with Crippen LogP contribution in [0.15, 0.2) is 65.6 Å². The van der Waals surface area contributed by atoms with E-state index in [1.807, 2.05) is 43.3 Å². The van der Waals surface area contributed by atoms with Crippen molar-refractivity contribution < 1.29 is 13.2 Å². The zero-order valence-electron chi connectivity index (χ0n) is 17.8. The minimum Gasteiger partial charge on any atom is -0.324 e. The van der Waals surface area contributed by atoms with Gasteiger partial charge in [-0.3, -0.25) is 9.10 Å². The van der Waals surface area contributed by atoms with Gasteiger partial charge in [-0.05, 0) is 48.4 Å². The summed E-state index contributed by atoms with van der Waals surface area (Å²) in [4.78, 5) is 13.9. The van der Waals surface area contributed by atoms with Crippen molar-refractivity contribution in [1.29, 1.82) is 0 Å². The van der Waals surface area contributed by atoms with E-state index >= 15 is 0 Å². The number of sulfonamides is 1. The summed E-state index contributed by atoms with van der Waals surface area (Å²) in [7, 11) is -3.82. The summed E-state index contributed by atoms with van der Waals surface area (Å²) >= 11 is 19.9. The summed E-state index contributed by atoms with van der Waals surface area (Å²) in [6.45, 7) is 1.41. The maximum atomic E-state index is 12.7. The van der Waals surface area contributed by atoms with E-state index in [1.165, 1.54) is 17.0 Å². The number of anilines is 2. The molecule has 0 aliphatic rings. The first-order chi connectivity index (χ1) is 15.5. The fourth-order valence-electron chi connectivity index (χ4n) is 3.04. The minimum atomic E-state index is -3.82. The number of amides is 1. The highest BCUT2D eigenvalue weighted by Gasteiger charge is 2.24. The summed E-state index contributed by atoms with van der Waals surface area (Å²) in [6.07, 6.45) is 0.990. The van der Waals surface area contributed by atoms with E-state index in [-0.39, 0.29) is 20.8 Å². The zero-order valence-corrected chi connectivity index (χ0v) is 21.7. The van der Waals surface area contributed by atoms with Crippen molar-refractivity contribution in [2.45, 2.75) is 17.6 Å². The van der Waals surface area contributed by atoms with E-state index in [1.54, 1.807) is 11.8 Å². The van der Waals surface area contributed by atoms with E-state index in [4.69, 9.17) is 34.8 Å². The molecule has 0 aliphatic carbocycles. The lowest BCUT2D eigenvalue weighted by molar-refractivity contribution is -0.114. The SMILES string of the molecule is Cc1cc(CSc2ccccc2)ccc1NC(=O)CN(c1cc(Cl)c(Cl)cc1Cl)S(C)(=O)=O. The lowest BCUT2D eigenvalue weighted by Crippen LogP contribution is -2.37. The molecule has 3 rings (SSSR count). The Kier molecular flexibility index (Phi) is 8.59. The second kappa shape index (κ2) is 11.0. The molecule has 5 nitrogen and oxygen atoms in total. The number of rotatable bonds is 8. The molecule has 0 radical (unpaired) electrons. The molecule has 1 amide bonds. The van der Waals surface area contributed by atoms with Crippen molar-refractivity contribution in [3.05, 3.63) is 86.9 Å². The maximum Gasteiger partial charge on any atom is 0.245 e. The smallest absolute Gasteiger partial charge is 0.245 e. The third kappa shape index (κ3) is 7.04. The van der Waals surface area contributed by atoms with Crippen LogP contribution in [0.3, 0.4) is 0 Å². The molecule has 0 aromatic heterocycles. The highest BCUT2D eigenvalue weighted by atomic mass is 35.5. The minimum absolute atomic E-state index is 0.0686. The van der Waals surface area contributed by atoms with Crippen LogP contribution < -0.4 is 9.62 Å². The molecular weight excluding hydrogens is 523 g/mol. The van der Waals surface area contributed by atoms with Crippen LogP contribution in [0.2, 0.25) is 15.1 Å². The topological polar surface area (TPSA) is 66.5 Å². The van der Waals surface area contributed by atoms with Crippen LogP contribution >= 0.6 is 46.6 Å². The van der Waals surface area contributed by atoms with Gasteiger partial charge in [0.05, 0.1) is 27.0 Å². The van der Waals surface area contributed by atoms with E-state index in [0.29, 0.717) is 5.69 Å². The average molecular weight is 544 g/mol. The predicted molar refractivity (Wildman–Crippen MR) is 139 cm³/mol. The van der Waals surface area contributed by atoms with Gasteiger partial charge in [0, 0.05) is 16.3 Å². The van der Waals surface area contributed by atoms with Gasteiger partial charge in [-0.1, -0.05) is 65.1 Å². The molecule has 0 saturated heterocycles. The largest absolute Gasteiger partial charge is 0.324 e. The Morgan fingerprint density at radius 2 is 1.64 bits per heavy atom. The van der Waals surface area contributed by atoms with Crippen LogP contribution in [-0.4, -0.2) is 27.1 Å². The Morgan fingerprint density at radius 1 is 0.970 bits per heavy atom. The van der Waals surface area contributed by atoms with Crippen molar-refractivity contribution >= 4 is 73.9 Å². The Hall–Kier alpha value is -1.90. The van der Waals surface area contributed by atoms with Gasteiger partial charge in [0.1, 0.15) is 6.54 Å². The molecule has 174 valence electrons. The number of nitrogens with one attached hydrogen (secondary N) is 1. The molecule has 1 N–H and O–H groups in total. The van der Waals surface area contributed by atoms with Gasteiger partial charge >= 0.3 is 0 Å². The first-order valence-electron chi connectivity index (χ1n) is 9.74. The molecule has 0 heterocycles. The number of halogens is 3. The number of benzene rings is 3. The van der Waals surface area contributed by atoms with Gasteiger partial charge in [0.15, 0.2) is 0 Å². The lowest BCUT2D eigenvalue weighted by Gasteiger charge is -2.23. The fraction of sp³-hybridized carbons (Fsp3) is 0.174. The molecule has 0 aliphatic heterocycles. The number of thioether (sulfide) groups is 1. The molecule has 3 aromatic carbocycles. The Balaban J connectivity index is 1.72. The maximum absolute atomic E-state index is 12.7. The zero-order chi connectivity index (χ0) is 24.2. The summed E-state index contributed by atoms with van der Waals surface area (Å²) in [5, 5.41) is 3.16. The highest BCUT2D eigenvalue weighted by Crippen LogP contribution is 2.35. The standard InChI is InChI=1S/C23H21Cl3N2O3S2/c1-15-10-16(14-32-17-6-4-3-5-7-17)8-9-21(15)27-23(29)13-28(33(2,30)31)22-12-19(25)18(24)11-20(22)26/h3-12H,13-14H2,1-2H3,(H,27,29). The quantitative estimate of drug-likeness (QED) is 0.255. The summed E-state index contributed by atoms with van der Waals surface area (Å²) in [5.74, 6) is 0.272. The molecular formula is C23H21Cl3N2O3S2. The fourth-order valence-corrected chi connectivity index (χ4v) is 5.46. The van der Waals surface area contributed by atoms with Crippen LogP contribution in [0.5, 0.6) is 0 Å². The normalized spacial score (nSPS) is 11.3. The third-order valence-electron chi connectivity index (χ3n) is 4.66.